The Morgan fingerprint density at radius 3 is 2.65 bits per heavy atom. The Morgan fingerprint density at radius 2 is 1.96 bits per heavy atom. The lowest BCUT2D eigenvalue weighted by Gasteiger charge is -2.09. The van der Waals surface area contributed by atoms with E-state index in [2.05, 4.69) is 28.0 Å². The van der Waals surface area contributed by atoms with Crippen molar-refractivity contribution in [2.45, 2.75) is 59.3 Å². The van der Waals surface area contributed by atoms with Gasteiger partial charge in [-0.15, -0.1) is 0 Å². The zero-order chi connectivity index (χ0) is 19.1. The normalized spacial score (nSPS) is 11.0. The Balaban J connectivity index is 1.97. The molecule has 2 rings (SSSR count). The molecule has 1 heterocycles. The summed E-state index contributed by atoms with van der Waals surface area (Å²) in [6.45, 7) is 6.03. The molecule has 0 aliphatic heterocycles. The third-order valence-corrected chi connectivity index (χ3v) is 5.24. The van der Waals surface area contributed by atoms with E-state index in [0.29, 0.717) is 10.8 Å². The third kappa shape index (κ3) is 5.58. The lowest BCUT2D eigenvalue weighted by Crippen LogP contribution is -2.22. The van der Waals surface area contributed by atoms with E-state index >= 15 is 0 Å². The maximum atomic E-state index is 12.5. The molecule has 0 atom stereocenters. The van der Waals surface area contributed by atoms with E-state index in [9.17, 15) is 4.79 Å². The van der Waals surface area contributed by atoms with Crippen LogP contribution in [0.2, 0.25) is 5.02 Å². The number of hydrogen-bond acceptors (Lipinski definition) is 3. The number of carbonyl (C=O) groups is 1. The zero-order valence-corrected chi connectivity index (χ0v) is 18.0. The number of hydrogen-bond donors (Lipinski definition) is 0. The molecule has 142 valence electrons. The van der Waals surface area contributed by atoms with Gasteiger partial charge in [0.25, 0.3) is 5.91 Å². The topological polar surface area (TPSA) is 44.1 Å². The van der Waals surface area contributed by atoms with Crippen LogP contribution in [0.4, 0.5) is 0 Å². The Bertz CT molecular complexity index is 759. The number of halogens is 2. The van der Waals surface area contributed by atoms with E-state index in [1.807, 2.05) is 19.9 Å². The van der Waals surface area contributed by atoms with E-state index in [4.69, 9.17) is 16.3 Å². The summed E-state index contributed by atoms with van der Waals surface area (Å²) in [5, 5.41) is 4.89. The van der Waals surface area contributed by atoms with Gasteiger partial charge in [-0.3, -0.25) is 4.79 Å². The molecule has 0 amide bonds. The molecule has 26 heavy (non-hydrogen) atoms. The molecule has 0 saturated heterocycles. The summed E-state index contributed by atoms with van der Waals surface area (Å²) in [5.74, 6) is 0.294. The van der Waals surface area contributed by atoms with Gasteiger partial charge in [-0.1, -0.05) is 60.1 Å². The van der Waals surface area contributed by atoms with Gasteiger partial charge in [-0.25, -0.2) is 4.68 Å². The molecule has 0 radical (unpaired) electrons. The fourth-order valence-electron chi connectivity index (χ4n) is 2.98. The SMILES string of the molecule is CCCCCCCc1c(C)nn(C(=O)COc2ccc(Br)cc2Cl)c1C. The van der Waals surface area contributed by atoms with Gasteiger partial charge in [0, 0.05) is 10.2 Å². The number of carbonyl (C=O) groups excluding carboxylic acids is 1. The first-order valence-corrected chi connectivity index (χ1v) is 10.3. The zero-order valence-electron chi connectivity index (χ0n) is 15.6. The second kappa shape index (κ2) is 10.1. The minimum absolute atomic E-state index is 0.0980. The molecule has 4 nitrogen and oxygen atoms in total. The lowest BCUT2D eigenvalue weighted by molar-refractivity contribution is 0.0818. The standard InChI is InChI=1S/C20H26BrClN2O2/c1-4-5-6-7-8-9-17-14(2)23-24(15(17)3)20(25)13-26-19-11-10-16(21)12-18(19)22/h10-12H,4-9,13H2,1-3H3. The summed E-state index contributed by atoms with van der Waals surface area (Å²) in [7, 11) is 0. The molecule has 0 saturated carbocycles. The van der Waals surface area contributed by atoms with Crippen LogP contribution in [0.25, 0.3) is 0 Å². The summed E-state index contributed by atoms with van der Waals surface area (Å²) < 4.78 is 7.90. The van der Waals surface area contributed by atoms with Crippen molar-refractivity contribution in [3.05, 3.63) is 44.6 Å². The molecule has 0 fully saturated rings. The highest BCUT2D eigenvalue weighted by Gasteiger charge is 2.17. The highest BCUT2D eigenvalue weighted by atomic mass is 79.9. The number of benzene rings is 1. The summed E-state index contributed by atoms with van der Waals surface area (Å²) >= 11 is 9.47. The molecular formula is C20H26BrClN2O2. The van der Waals surface area contributed by atoms with Crippen LogP contribution in [0.1, 0.15) is 60.8 Å². The molecule has 1 aromatic carbocycles. The van der Waals surface area contributed by atoms with Crippen molar-refractivity contribution in [2.75, 3.05) is 6.61 Å². The van der Waals surface area contributed by atoms with E-state index in [0.717, 1.165) is 28.7 Å². The van der Waals surface area contributed by atoms with Crippen molar-refractivity contribution in [1.82, 2.24) is 9.78 Å². The third-order valence-electron chi connectivity index (χ3n) is 4.45. The minimum Gasteiger partial charge on any atom is -0.482 e. The largest absolute Gasteiger partial charge is 0.482 e. The van der Waals surface area contributed by atoms with Crippen LogP contribution in [-0.4, -0.2) is 22.3 Å². The number of aryl methyl sites for hydroxylation is 1. The maximum absolute atomic E-state index is 12.5. The fourth-order valence-corrected chi connectivity index (χ4v) is 3.71. The van der Waals surface area contributed by atoms with Crippen LogP contribution in [0, 0.1) is 13.8 Å². The summed E-state index contributed by atoms with van der Waals surface area (Å²) in [6, 6.07) is 5.30. The van der Waals surface area contributed by atoms with Crippen LogP contribution in [0.15, 0.2) is 22.7 Å². The molecule has 0 aliphatic rings. The van der Waals surface area contributed by atoms with Gasteiger partial charge >= 0.3 is 0 Å². The monoisotopic (exact) mass is 440 g/mol. The van der Waals surface area contributed by atoms with Gasteiger partial charge < -0.3 is 4.74 Å². The van der Waals surface area contributed by atoms with Crippen LogP contribution >= 0.6 is 27.5 Å². The second-order valence-electron chi connectivity index (χ2n) is 6.48. The first kappa shape index (κ1) is 21.0. The number of ether oxygens (including phenoxy) is 1. The molecule has 2 aromatic rings. The van der Waals surface area contributed by atoms with Gasteiger partial charge in [-0.2, -0.15) is 5.10 Å². The van der Waals surface area contributed by atoms with Gasteiger partial charge in [0.15, 0.2) is 6.61 Å². The van der Waals surface area contributed by atoms with Crippen molar-refractivity contribution < 1.29 is 9.53 Å². The predicted octanol–water partition coefficient (Wildman–Crippen LogP) is 6.15. The van der Waals surface area contributed by atoms with Crippen molar-refractivity contribution in [3.8, 4) is 5.75 Å². The van der Waals surface area contributed by atoms with Gasteiger partial charge in [-0.05, 0) is 50.5 Å². The van der Waals surface area contributed by atoms with Gasteiger partial charge in [0.1, 0.15) is 5.75 Å². The number of unbranched alkanes of at least 4 members (excludes halogenated alkanes) is 4. The van der Waals surface area contributed by atoms with Crippen molar-refractivity contribution in [2.24, 2.45) is 0 Å². The Labute approximate surface area is 169 Å². The van der Waals surface area contributed by atoms with E-state index in [1.54, 1.807) is 12.1 Å². The van der Waals surface area contributed by atoms with Crippen molar-refractivity contribution in [3.63, 3.8) is 0 Å². The predicted molar refractivity (Wildman–Crippen MR) is 109 cm³/mol. The molecule has 1 aromatic heterocycles. The van der Waals surface area contributed by atoms with Crippen LogP contribution < -0.4 is 4.74 Å². The number of aromatic nitrogens is 2. The van der Waals surface area contributed by atoms with E-state index in [1.165, 1.54) is 35.9 Å². The average molecular weight is 442 g/mol. The van der Waals surface area contributed by atoms with Crippen LogP contribution in [0.3, 0.4) is 0 Å². The Hall–Kier alpha value is -1.33. The van der Waals surface area contributed by atoms with Crippen molar-refractivity contribution >= 4 is 33.4 Å². The Morgan fingerprint density at radius 1 is 1.23 bits per heavy atom. The smallest absolute Gasteiger partial charge is 0.284 e. The minimum atomic E-state index is -0.193. The van der Waals surface area contributed by atoms with Gasteiger partial charge in [0.05, 0.1) is 10.7 Å². The Kier molecular flexibility index (Phi) is 8.16. The highest BCUT2D eigenvalue weighted by molar-refractivity contribution is 9.10. The first-order chi connectivity index (χ1) is 12.4. The van der Waals surface area contributed by atoms with Crippen LogP contribution in [0.5, 0.6) is 5.75 Å². The summed E-state index contributed by atoms with van der Waals surface area (Å²) in [5.41, 5.74) is 3.01. The lowest BCUT2D eigenvalue weighted by atomic mass is 10.0. The molecular weight excluding hydrogens is 416 g/mol. The first-order valence-electron chi connectivity index (χ1n) is 9.10. The van der Waals surface area contributed by atoms with Crippen molar-refractivity contribution in [1.29, 1.82) is 0 Å². The molecule has 0 spiro atoms. The number of rotatable bonds is 9. The quantitative estimate of drug-likeness (QED) is 0.438. The molecule has 0 aliphatic carbocycles. The summed E-state index contributed by atoms with van der Waals surface area (Å²) in [6.07, 6.45) is 7.11. The van der Waals surface area contributed by atoms with E-state index in [-0.39, 0.29) is 12.5 Å². The maximum Gasteiger partial charge on any atom is 0.284 e. The molecule has 0 unspecified atom stereocenters. The van der Waals surface area contributed by atoms with Crippen LogP contribution in [-0.2, 0) is 6.42 Å². The summed E-state index contributed by atoms with van der Waals surface area (Å²) in [4.78, 5) is 12.5. The van der Waals surface area contributed by atoms with E-state index < -0.39 is 0 Å². The molecule has 0 bridgehead atoms. The number of nitrogens with zero attached hydrogens (tertiary/aromatic N) is 2. The fraction of sp³-hybridized carbons (Fsp3) is 0.500. The van der Waals surface area contributed by atoms with Gasteiger partial charge in [0.2, 0.25) is 0 Å². The molecule has 6 heteroatoms. The molecule has 0 N–H and O–H groups in total. The average Bonchev–Trinajstić information content (AvgIpc) is 2.88. The highest BCUT2D eigenvalue weighted by Crippen LogP contribution is 2.27. The second-order valence-corrected chi connectivity index (χ2v) is 7.81.